The zero-order chi connectivity index (χ0) is 20.3. The molecule has 0 saturated carbocycles. The monoisotopic (exact) mass is 397 g/mol. The van der Waals surface area contributed by atoms with Gasteiger partial charge in [0.2, 0.25) is 5.95 Å². The highest BCUT2D eigenvalue weighted by atomic mass is 35.5. The first-order valence-corrected chi connectivity index (χ1v) is 9.63. The Morgan fingerprint density at radius 1 is 1.29 bits per heavy atom. The van der Waals surface area contributed by atoms with Crippen LogP contribution in [0.2, 0.25) is 5.15 Å². The van der Waals surface area contributed by atoms with E-state index in [1.165, 1.54) is 0 Å². The lowest BCUT2D eigenvalue weighted by molar-refractivity contribution is 0.406. The standard InChI is InChI=1S/C21H24ClN5O/c1-5-6-7-8-9-15-11-27(20-17(15)19(22)25-21(23)26-20)12-16-14(3)18(28-4)13(2)10-24-16/h10-11H,5-7,12H2,1-4H3,(H2,23,25,26). The number of aromatic nitrogens is 4. The van der Waals surface area contributed by atoms with Crippen LogP contribution in [0.3, 0.4) is 0 Å². The molecule has 0 spiro atoms. The zero-order valence-corrected chi connectivity index (χ0v) is 17.4. The van der Waals surface area contributed by atoms with Gasteiger partial charge >= 0.3 is 0 Å². The summed E-state index contributed by atoms with van der Waals surface area (Å²) < 4.78 is 7.49. The molecule has 0 atom stereocenters. The molecular formula is C21H24ClN5O. The van der Waals surface area contributed by atoms with Gasteiger partial charge in [-0.1, -0.05) is 36.8 Å². The Balaban J connectivity index is 2.10. The van der Waals surface area contributed by atoms with Crippen LogP contribution in [0.5, 0.6) is 5.75 Å². The normalized spacial score (nSPS) is 10.8. The topological polar surface area (TPSA) is 78.8 Å². The van der Waals surface area contributed by atoms with Crippen LogP contribution in [0.1, 0.15) is 48.6 Å². The summed E-state index contributed by atoms with van der Waals surface area (Å²) in [5, 5.41) is 1.03. The third-order valence-electron chi connectivity index (χ3n) is 4.64. The van der Waals surface area contributed by atoms with Crippen molar-refractivity contribution in [3.05, 3.63) is 39.9 Å². The molecule has 0 saturated heterocycles. The van der Waals surface area contributed by atoms with Gasteiger partial charge in [0.05, 0.1) is 30.3 Å². The van der Waals surface area contributed by atoms with Crippen LogP contribution in [0, 0.1) is 25.7 Å². The Labute approximate surface area is 170 Å². The molecule has 0 aliphatic heterocycles. The molecule has 146 valence electrons. The minimum absolute atomic E-state index is 0.133. The molecule has 0 aliphatic rings. The van der Waals surface area contributed by atoms with Gasteiger partial charge in [0.15, 0.2) is 0 Å². The lowest BCUT2D eigenvalue weighted by atomic mass is 10.1. The van der Waals surface area contributed by atoms with E-state index in [1.807, 2.05) is 30.8 Å². The number of methoxy groups -OCH3 is 1. The summed E-state index contributed by atoms with van der Waals surface area (Å²) in [4.78, 5) is 13.1. The summed E-state index contributed by atoms with van der Waals surface area (Å²) in [6.07, 6.45) is 6.77. The first kappa shape index (κ1) is 20.0. The third-order valence-corrected chi connectivity index (χ3v) is 4.91. The van der Waals surface area contributed by atoms with Crippen molar-refractivity contribution in [2.45, 2.75) is 46.6 Å². The fourth-order valence-electron chi connectivity index (χ4n) is 3.19. The van der Waals surface area contributed by atoms with Gasteiger partial charge in [-0.15, -0.1) is 0 Å². The Hall–Kier alpha value is -2.78. The highest BCUT2D eigenvalue weighted by molar-refractivity contribution is 6.34. The van der Waals surface area contributed by atoms with E-state index in [0.29, 0.717) is 17.3 Å². The molecular weight excluding hydrogens is 374 g/mol. The van der Waals surface area contributed by atoms with Crippen LogP contribution in [0.25, 0.3) is 11.0 Å². The number of pyridine rings is 1. The van der Waals surface area contributed by atoms with E-state index in [1.54, 1.807) is 7.11 Å². The predicted octanol–water partition coefficient (Wildman–Crippen LogP) is 4.28. The Bertz CT molecular complexity index is 1080. The van der Waals surface area contributed by atoms with E-state index in [4.69, 9.17) is 22.1 Å². The van der Waals surface area contributed by atoms with E-state index < -0.39 is 0 Å². The minimum Gasteiger partial charge on any atom is -0.496 e. The molecule has 0 fully saturated rings. The third kappa shape index (κ3) is 3.90. The molecule has 0 amide bonds. The number of rotatable bonds is 5. The summed E-state index contributed by atoms with van der Waals surface area (Å²) in [7, 11) is 1.67. The number of hydrogen-bond acceptors (Lipinski definition) is 5. The number of nitrogen functional groups attached to an aromatic ring is 1. The summed E-state index contributed by atoms with van der Waals surface area (Å²) in [6, 6.07) is 0. The highest BCUT2D eigenvalue weighted by Gasteiger charge is 2.17. The van der Waals surface area contributed by atoms with Crippen molar-refractivity contribution in [2.75, 3.05) is 12.8 Å². The summed E-state index contributed by atoms with van der Waals surface area (Å²) >= 11 is 6.38. The highest BCUT2D eigenvalue weighted by Crippen LogP contribution is 2.29. The van der Waals surface area contributed by atoms with Crippen molar-refractivity contribution < 1.29 is 4.74 Å². The van der Waals surface area contributed by atoms with Crippen LogP contribution in [0.4, 0.5) is 5.95 Å². The van der Waals surface area contributed by atoms with Gasteiger partial charge in [-0.3, -0.25) is 4.98 Å². The van der Waals surface area contributed by atoms with E-state index in [0.717, 1.165) is 52.8 Å². The number of unbranched alkanes of at least 4 members (excludes halogenated alkanes) is 2. The second-order valence-corrected chi connectivity index (χ2v) is 7.05. The fraction of sp³-hybridized carbons (Fsp3) is 0.381. The summed E-state index contributed by atoms with van der Waals surface area (Å²) in [6.45, 7) is 6.63. The summed E-state index contributed by atoms with van der Waals surface area (Å²) in [5.41, 5.74) is 10.2. The number of fused-ring (bicyclic) bond motifs is 1. The quantitative estimate of drug-likeness (QED) is 0.395. The number of anilines is 1. The number of hydrogen-bond donors (Lipinski definition) is 1. The van der Waals surface area contributed by atoms with Gasteiger partial charge in [-0.25, -0.2) is 4.98 Å². The molecule has 3 rings (SSSR count). The molecule has 3 heterocycles. The maximum atomic E-state index is 6.38. The molecule has 2 N–H and O–H groups in total. The number of aryl methyl sites for hydroxylation is 1. The first-order chi connectivity index (χ1) is 13.5. The lowest BCUT2D eigenvalue weighted by Gasteiger charge is -2.13. The largest absolute Gasteiger partial charge is 0.496 e. The molecule has 0 radical (unpaired) electrons. The molecule has 3 aromatic rings. The Kier molecular flexibility index (Phi) is 6.05. The SMILES string of the molecule is CCCCC#Cc1cn(Cc2ncc(C)c(OC)c2C)c2nc(N)nc(Cl)c12. The van der Waals surface area contributed by atoms with E-state index in [-0.39, 0.29) is 5.95 Å². The number of halogens is 1. The lowest BCUT2D eigenvalue weighted by Crippen LogP contribution is -2.07. The zero-order valence-electron chi connectivity index (χ0n) is 16.6. The van der Waals surface area contributed by atoms with E-state index in [2.05, 4.69) is 33.7 Å². The molecule has 28 heavy (non-hydrogen) atoms. The van der Waals surface area contributed by atoms with Gasteiger partial charge in [-0.2, -0.15) is 4.98 Å². The van der Waals surface area contributed by atoms with Crippen molar-refractivity contribution in [2.24, 2.45) is 0 Å². The smallest absolute Gasteiger partial charge is 0.223 e. The molecule has 7 heteroatoms. The van der Waals surface area contributed by atoms with Crippen LogP contribution in [-0.2, 0) is 6.54 Å². The Morgan fingerprint density at radius 3 is 2.79 bits per heavy atom. The van der Waals surface area contributed by atoms with Gasteiger partial charge in [0.1, 0.15) is 16.5 Å². The van der Waals surface area contributed by atoms with Crippen molar-refractivity contribution in [3.63, 3.8) is 0 Å². The van der Waals surface area contributed by atoms with Crippen molar-refractivity contribution in [3.8, 4) is 17.6 Å². The van der Waals surface area contributed by atoms with E-state index in [9.17, 15) is 0 Å². The number of nitrogens with zero attached hydrogens (tertiary/aromatic N) is 4. The minimum atomic E-state index is 0.133. The molecule has 0 unspecified atom stereocenters. The van der Waals surface area contributed by atoms with Crippen LogP contribution in [-0.4, -0.2) is 26.6 Å². The molecule has 0 bridgehead atoms. The molecule has 3 aromatic heterocycles. The Morgan fingerprint density at radius 2 is 2.07 bits per heavy atom. The van der Waals surface area contributed by atoms with Gasteiger partial charge in [0.25, 0.3) is 0 Å². The average molecular weight is 398 g/mol. The second kappa shape index (κ2) is 8.49. The number of ether oxygens (including phenoxy) is 1. The predicted molar refractivity (Wildman–Crippen MR) is 113 cm³/mol. The summed E-state index contributed by atoms with van der Waals surface area (Å²) in [5.74, 6) is 7.39. The second-order valence-electron chi connectivity index (χ2n) is 6.69. The van der Waals surface area contributed by atoms with Gasteiger partial charge in [-0.05, 0) is 20.3 Å². The van der Waals surface area contributed by atoms with Crippen molar-refractivity contribution >= 4 is 28.6 Å². The van der Waals surface area contributed by atoms with E-state index >= 15 is 0 Å². The maximum Gasteiger partial charge on any atom is 0.223 e. The van der Waals surface area contributed by atoms with Gasteiger partial charge < -0.3 is 15.0 Å². The molecule has 6 nitrogen and oxygen atoms in total. The van der Waals surface area contributed by atoms with Crippen molar-refractivity contribution in [1.82, 2.24) is 19.5 Å². The van der Waals surface area contributed by atoms with Crippen LogP contribution >= 0.6 is 11.6 Å². The van der Waals surface area contributed by atoms with Crippen molar-refractivity contribution in [1.29, 1.82) is 0 Å². The average Bonchev–Trinajstić information content (AvgIpc) is 2.99. The molecule has 0 aliphatic carbocycles. The number of nitrogens with two attached hydrogens (primary N) is 1. The van der Waals surface area contributed by atoms with Gasteiger partial charge in [0, 0.05) is 29.9 Å². The van der Waals surface area contributed by atoms with Crippen LogP contribution in [0.15, 0.2) is 12.4 Å². The van der Waals surface area contributed by atoms with Crippen LogP contribution < -0.4 is 10.5 Å². The molecule has 0 aromatic carbocycles. The fourth-order valence-corrected chi connectivity index (χ4v) is 3.46. The maximum absolute atomic E-state index is 6.38. The first-order valence-electron chi connectivity index (χ1n) is 9.26.